The van der Waals surface area contributed by atoms with Crippen LogP contribution in [0.3, 0.4) is 0 Å². The summed E-state index contributed by atoms with van der Waals surface area (Å²) in [5, 5.41) is 20.1. The Morgan fingerprint density at radius 3 is 2.68 bits per heavy atom. The first-order chi connectivity index (χ1) is 17.9. The van der Waals surface area contributed by atoms with Crippen molar-refractivity contribution in [2.75, 3.05) is 24.3 Å². The minimum absolute atomic E-state index is 0.00186. The molecule has 0 bridgehead atoms. The molecule has 2 aliphatic rings. The molecular weight excluding hydrogens is 619 g/mol. The zero-order valence-electron chi connectivity index (χ0n) is 18.5. The molecule has 1 fully saturated rings. The van der Waals surface area contributed by atoms with E-state index in [-0.39, 0.29) is 42.6 Å². The van der Waals surface area contributed by atoms with Gasteiger partial charge < -0.3 is 25.7 Å². The number of hydrogen-bond acceptors (Lipinski definition) is 14. The van der Waals surface area contributed by atoms with E-state index in [1.54, 1.807) is 0 Å². The first-order valence-corrected chi connectivity index (χ1v) is 13.9. The van der Waals surface area contributed by atoms with E-state index in [1.165, 1.54) is 18.9 Å². The molecule has 1 unspecified atom stereocenters. The Kier molecular flexibility index (Phi) is 8.26. The van der Waals surface area contributed by atoms with Gasteiger partial charge in [-0.1, -0.05) is 51.2 Å². The van der Waals surface area contributed by atoms with E-state index < -0.39 is 40.6 Å². The molecule has 21 heteroatoms. The van der Waals surface area contributed by atoms with Crippen molar-refractivity contribution in [1.82, 2.24) is 25.4 Å². The SMILES string of the molecule is CON=C(C(=O)NC1C(=O)N2C(OC(=O)O)=C(CSc3nnc(C(F)(F)F)s3)CS[C@@H]12)c1nc(N)sc1Cl. The molecule has 0 aliphatic carbocycles. The highest BCUT2D eigenvalue weighted by molar-refractivity contribution is 8.01. The van der Waals surface area contributed by atoms with Crippen LogP contribution in [0, 0.1) is 0 Å². The second-order valence-corrected chi connectivity index (χ2v) is 12.0. The predicted octanol–water partition coefficient (Wildman–Crippen LogP) is 2.70. The summed E-state index contributed by atoms with van der Waals surface area (Å²) in [5.74, 6) is -1.70. The summed E-state index contributed by atoms with van der Waals surface area (Å²) in [4.78, 5) is 46.9. The number of aromatic nitrogens is 3. The summed E-state index contributed by atoms with van der Waals surface area (Å²) < 4.78 is 43.3. The number of ether oxygens (including phenoxy) is 1. The Balaban J connectivity index is 1.50. The smallest absolute Gasteiger partial charge is 0.449 e. The zero-order chi connectivity index (χ0) is 27.8. The van der Waals surface area contributed by atoms with Crippen LogP contribution in [0.25, 0.3) is 0 Å². The molecule has 204 valence electrons. The number of thioether (sulfide) groups is 2. The van der Waals surface area contributed by atoms with Crippen molar-refractivity contribution in [2.45, 2.75) is 21.9 Å². The van der Waals surface area contributed by atoms with E-state index >= 15 is 0 Å². The third kappa shape index (κ3) is 5.77. The minimum Gasteiger partial charge on any atom is -0.449 e. The van der Waals surface area contributed by atoms with Crippen LogP contribution in [0.4, 0.5) is 23.1 Å². The van der Waals surface area contributed by atoms with Crippen LogP contribution >= 0.6 is 57.8 Å². The van der Waals surface area contributed by atoms with Gasteiger partial charge in [-0.25, -0.2) is 9.78 Å². The van der Waals surface area contributed by atoms with Crippen LogP contribution in [-0.2, 0) is 25.3 Å². The standard InChI is InChI=1S/C17H13ClF3N7O6S4/c1-33-27-6(5-8(18)37-14(22)24-5)9(29)23-7-10(30)28-11(34-16(31)32)4(2-35-12(7)28)3-36-15-26-25-13(38-15)17(19,20)21/h7,12H,2-3H2,1H3,(H2,22,24)(H,23,29)(H,31,32)/t7?,12-/m0/s1. The molecule has 4 heterocycles. The first-order valence-electron chi connectivity index (χ1n) is 9.85. The molecular formula is C17H13ClF3N7O6S4. The lowest BCUT2D eigenvalue weighted by atomic mass is 10.1. The number of nitrogen functional groups attached to an aromatic ring is 1. The van der Waals surface area contributed by atoms with Crippen LogP contribution in [0.1, 0.15) is 10.7 Å². The second kappa shape index (κ2) is 11.1. The number of rotatable bonds is 8. The Morgan fingerprint density at radius 1 is 1.37 bits per heavy atom. The zero-order valence-corrected chi connectivity index (χ0v) is 22.5. The Labute approximate surface area is 231 Å². The average molecular weight is 632 g/mol. The highest BCUT2D eigenvalue weighted by atomic mass is 35.5. The highest BCUT2D eigenvalue weighted by Crippen LogP contribution is 2.43. The number of hydrogen-bond donors (Lipinski definition) is 3. The van der Waals surface area contributed by atoms with E-state index in [0.29, 0.717) is 16.9 Å². The van der Waals surface area contributed by atoms with Gasteiger partial charge in [0.2, 0.25) is 10.9 Å². The molecule has 4 N–H and O–H groups in total. The van der Waals surface area contributed by atoms with Gasteiger partial charge in [0, 0.05) is 17.1 Å². The number of nitrogens with zero attached hydrogens (tertiary/aromatic N) is 5. The van der Waals surface area contributed by atoms with Gasteiger partial charge in [-0.3, -0.25) is 14.5 Å². The molecule has 2 aromatic heterocycles. The van der Waals surface area contributed by atoms with Gasteiger partial charge in [0.1, 0.15) is 28.6 Å². The maximum absolute atomic E-state index is 13.0. The van der Waals surface area contributed by atoms with E-state index in [1.807, 2.05) is 0 Å². The van der Waals surface area contributed by atoms with Gasteiger partial charge in [0.15, 0.2) is 15.2 Å². The number of carboxylic acid groups (broad SMARTS) is 1. The molecule has 13 nitrogen and oxygen atoms in total. The van der Waals surface area contributed by atoms with Gasteiger partial charge in [-0.2, -0.15) is 13.2 Å². The van der Waals surface area contributed by atoms with Crippen molar-refractivity contribution in [3.05, 3.63) is 26.5 Å². The molecule has 2 aromatic rings. The van der Waals surface area contributed by atoms with E-state index in [0.717, 1.165) is 28.0 Å². The Morgan fingerprint density at radius 2 is 2.11 bits per heavy atom. The summed E-state index contributed by atoms with van der Waals surface area (Å²) in [6.45, 7) is 0. The Hall–Kier alpha value is -2.81. The number of nitrogens with one attached hydrogen (secondary N) is 1. The molecule has 1 saturated heterocycles. The second-order valence-electron chi connectivity index (χ2n) is 7.09. The maximum atomic E-state index is 13.0. The number of oxime groups is 1. The number of amides is 2. The van der Waals surface area contributed by atoms with Crippen LogP contribution < -0.4 is 11.1 Å². The number of anilines is 1. The van der Waals surface area contributed by atoms with Crippen molar-refractivity contribution in [1.29, 1.82) is 0 Å². The lowest BCUT2D eigenvalue weighted by Crippen LogP contribution is -2.70. The molecule has 0 radical (unpaired) electrons. The first kappa shape index (κ1) is 28.2. The monoisotopic (exact) mass is 631 g/mol. The molecule has 2 aliphatic heterocycles. The molecule has 4 rings (SSSR count). The largest absolute Gasteiger partial charge is 0.512 e. The number of fused-ring (bicyclic) bond motifs is 1. The summed E-state index contributed by atoms with van der Waals surface area (Å²) in [6, 6.07) is -1.09. The normalized spacial score (nSPS) is 19.7. The van der Waals surface area contributed by atoms with Crippen LogP contribution in [-0.4, -0.2) is 78.9 Å². The number of β-lactam (4-membered cyclic amide) rings is 1. The van der Waals surface area contributed by atoms with E-state index in [2.05, 4.69) is 25.7 Å². The predicted molar refractivity (Wildman–Crippen MR) is 132 cm³/mol. The molecule has 38 heavy (non-hydrogen) atoms. The van der Waals surface area contributed by atoms with Gasteiger partial charge in [0.05, 0.1) is 0 Å². The fraction of sp³-hybridized carbons (Fsp3) is 0.353. The molecule has 2 amide bonds. The van der Waals surface area contributed by atoms with Gasteiger partial charge in [0.25, 0.3) is 11.8 Å². The topological polar surface area (TPSA) is 182 Å². The fourth-order valence-corrected chi connectivity index (χ4v) is 7.29. The minimum atomic E-state index is -4.64. The number of halogens is 4. The summed E-state index contributed by atoms with van der Waals surface area (Å²) >= 11 is 9.36. The quantitative estimate of drug-likeness (QED) is 0.128. The van der Waals surface area contributed by atoms with Gasteiger partial charge >= 0.3 is 12.3 Å². The van der Waals surface area contributed by atoms with Crippen molar-refractivity contribution in [3.63, 3.8) is 0 Å². The molecule has 0 spiro atoms. The lowest BCUT2D eigenvalue weighted by Gasteiger charge is -2.49. The highest BCUT2D eigenvalue weighted by Gasteiger charge is 2.54. The maximum Gasteiger partial charge on any atom is 0.512 e. The van der Waals surface area contributed by atoms with Crippen LogP contribution in [0.15, 0.2) is 21.0 Å². The summed E-state index contributed by atoms with van der Waals surface area (Å²) in [5.41, 5.74) is 5.56. The third-order valence-electron chi connectivity index (χ3n) is 4.71. The summed E-state index contributed by atoms with van der Waals surface area (Å²) in [7, 11) is 1.19. The van der Waals surface area contributed by atoms with Crippen molar-refractivity contribution >= 4 is 86.6 Å². The van der Waals surface area contributed by atoms with Crippen molar-refractivity contribution < 1.29 is 42.2 Å². The average Bonchev–Trinajstić information content (AvgIpc) is 3.45. The van der Waals surface area contributed by atoms with Crippen LogP contribution in [0.5, 0.6) is 0 Å². The summed E-state index contributed by atoms with van der Waals surface area (Å²) in [6.07, 6.45) is -6.34. The van der Waals surface area contributed by atoms with Crippen molar-refractivity contribution in [3.8, 4) is 0 Å². The Bertz CT molecular complexity index is 1350. The molecule has 0 aromatic carbocycles. The third-order valence-corrected chi connectivity index (χ3v) is 9.32. The number of thiazole rings is 1. The number of nitrogens with two attached hydrogens (primary N) is 1. The molecule has 0 saturated carbocycles. The number of carbonyl (C=O) groups excluding carboxylic acids is 2. The van der Waals surface area contributed by atoms with Gasteiger partial charge in [-0.05, 0) is 0 Å². The number of alkyl halides is 3. The lowest BCUT2D eigenvalue weighted by molar-refractivity contribution is -0.148. The van der Waals surface area contributed by atoms with E-state index in [4.69, 9.17) is 26.9 Å². The van der Waals surface area contributed by atoms with Crippen molar-refractivity contribution in [2.24, 2.45) is 5.16 Å². The molecule has 2 atom stereocenters. The van der Waals surface area contributed by atoms with E-state index in [9.17, 15) is 32.7 Å². The van der Waals surface area contributed by atoms with Gasteiger partial charge in [-0.15, -0.1) is 22.0 Å². The fourth-order valence-electron chi connectivity index (χ4n) is 3.20. The van der Waals surface area contributed by atoms with Crippen LogP contribution in [0.2, 0.25) is 4.34 Å². The number of carbonyl (C=O) groups is 3.